The molecular weight excluding hydrogens is 340 g/mol. The van der Waals surface area contributed by atoms with Crippen molar-refractivity contribution in [1.82, 2.24) is 15.1 Å². The molecule has 2 N–H and O–H groups in total. The Morgan fingerprint density at radius 1 is 1.12 bits per heavy atom. The number of piperazine rings is 1. The molecule has 0 unspecified atom stereocenters. The highest BCUT2D eigenvalue weighted by Crippen LogP contribution is 2.25. The van der Waals surface area contributed by atoms with E-state index >= 15 is 0 Å². The molecule has 2 heterocycles. The number of carbonyl (C=O) groups is 2. The maximum absolute atomic E-state index is 12.7. The number of nitrogens with one attached hydrogen (secondary N) is 2. The van der Waals surface area contributed by atoms with Crippen molar-refractivity contribution in [3.8, 4) is 0 Å². The first kappa shape index (κ1) is 18.0. The van der Waals surface area contributed by atoms with Gasteiger partial charge in [-0.2, -0.15) is 0 Å². The molecule has 2 saturated heterocycles. The second kappa shape index (κ2) is 8.06. The Morgan fingerprint density at radius 3 is 2.40 bits per heavy atom. The molecule has 1 aromatic carbocycles. The highest BCUT2D eigenvalue weighted by molar-refractivity contribution is 6.34. The van der Waals surface area contributed by atoms with Crippen LogP contribution in [0.5, 0.6) is 0 Å². The number of anilines is 1. The fraction of sp³-hybridized carbons (Fsp3) is 0.556. The summed E-state index contributed by atoms with van der Waals surface area (Å²) in [5.41, 5.74) is 1.40. The number of hydrogen-bond acceptors (Lipinski definition) is 4. The molecule has 0 atom stereocenters. The van der Waals surface area contributed by atoms with E-state index in [4.69, 9.17) is 11.6 Å². The SMILES string of the molecule is CNc1ccc(C(=O)N2CCC(C(=O)N3CCNCC3)CC2)c(Cl)c1. The first-order valence-corrected chi connectivity index (χ1v) is 9.24. The lowest BCUT2D eigenvalue weighted by Crippen LogP contribution is -2.50. The van der Waals surface area contributed by atoms with E-state index in [-0.39, 0.29) is 17.7 Å². The maximum atomic E-state index is 12.7. The Morgan fingerprint density at radius 2 is 1.80 bits per heavy atom. The van der Waals surface area contributed by atoms with Crippen LogP contribution in [0.25, 0.3) is 0 Å². The van der Waals surface area contributed by atoms with Gasteiger partial charge in [-0.1, -0.05) is 11.6 Å². The minimum absolute atomic E-state index is 0.0317. The van der Waals surface area contributed by atoms with Gasteiger partial charge in [0, 0.05) is 57.9 Å². The largest absolute Gasteiger partial charge is 0.388 e. The van der Waals surface area contributed by atoms with E-state index in [1.54, 1.807) is 12.1 Å². The van der Waals surface area contributed by atoms with E-state index in [2.05, 4.69) is 10.6 Å². The number of halogens is 1. The number of likely N-dealkylation sites (tertiary alicyclic amines) is 1. The van der Waals surface area contributed by atoms with Crippen LogP contribution in [0, 0.1) is 5.92 Å². The van der Waals surface area contributed by atoms with Crippen molar-refractivity contribution in [2.24, 2.45) is 5.92 Å². The third kappa shape index (κ3) is 4.07. The molecule has 0 spiro atoms. The Hall–Kier alpha value is -1.79. The normalized spacial score (nSPS) is 19.0. The summed E-state index contributed by atoms with van der Waals surface area (Å²) in [5, 5.41) is 6.72. The molecular formula is C18H25ClN4O2. The molecule has 1 aromatic rings. The molecule has 2 fully saturated rings. The molecule has 2 aliphatic rings. The summed E-state index contributed by atoms with van der Waals surface area (Å²) in [4.78, 5) is 29.1. The zero-order valence-electron chi connectivity index (χ0n) is 14.6. The van der Waals surface area contributed by atoms with Crippen molar-refractivity contribution in [2.75, 3.05) is 51.6 Å². The molecule has 0 bridgehead atoms. The standard InChI is InChI=1S/C18H25ClN4O2/c1-20-14-2-3-15(16(19)12-14)18(25)22-8-4-13(5-9-22)17(24)23-10-6-21-7-11-23/h2-3,12-13,20-21H,4-11H2,1H3. The Balaban J connectivity index is 1.58. The molecule has 25 heavy (non-hydrogen) atoms. The highest BCUT2D eigenvalue weighted by atomic mass is 35.5. The summed E-state index contributed by atoms with van der Waals surface area (Å²) >= 11 is 6.25. The predicted molar refractivity (Wildman–Crippen MR) is 99.1 cm³/mol. The second-order valence-electron chi connectivity index (χ2n) is 6.59. The van der Waals surface area contributed by atoms with Crippen molar-refractivity contribution >= 4 is 29.1 Å². The van der Waals surface area contributed by atoms with Crippen LogP contribution in [-0.4, -0.2) is 67.9 Å². The van der Waals surface area contributed by atoms with E-state index in [1.165, 1.54) is 0 Å². The number of nitrogens with zero attached hydrogens (tertiary/aromatic N) is 2. The van der Waals surface area contributed by atoms with Crippen LogP contribution in [0.4, 0.5) is 5.69 Å². The second-order valence-corrected chi connectivity index (χ2v) is 6.99. The van der Waals surface area contributed by atoms with Crippen molar-refractivity contribution in [3.05, 3.63) is 28.8 Å². The maximum Gasteiger partial charge on any atom is 0.255 e. The van der Waals surface area contributed by atoms with E-state index in [1.807, 2.05) is 22.9 Å². The van der Waals surface area contributed by atoms with Gasteiger partial charge in [-0.3, -0.25) is 9.59 Å². The summed E-state index contributed by atoms with van der Waals surface area (Å²) in [7, 11) is 1.81. The molecule has 3 rings (SSSR count). The van der Waals surface area contributed by atoms with Gasteiger partial charge in [-0.15, -0.1) is 0 Å². The van der Waals surface area contributed by atoms with E-state index < -0.39 is 0 Å². The topological polar surface area (TPSA) is 64.7 Å². The molecule has 2 aliphatic heterocycles. The van der Waals surface area contributed by atoms with Gasteiger partial charge in [0.15, 0.2) is 0 Å². The fourth-order valence-electron chi connectivity index (χ4n) is 3.49. The number of amides is 2. The van der Waals surface area contributed by atoms with Crippen LogP contribution < -0.4 is 10.6 Å². The fourth-order valence-corrected chi connectivity index (χ4v) is 3.75. The highest BCUT2D eigenvalue weighted by Gasteiger charge is 2.31. The zero-order chi connectivity index (χ0) is 17.8. The van der Waals surface area contributed by atoms with Crippen LogP contribution in [0.3, 0.4) is 0 Å². The quantitative estimate of drug-likeness (QED) is 0.856. The van der Waals surface area contributed by atoms with Crippen molar-refractivity contribution < 1.29 is 9.59 Å². The lowest BCUT2D eigenvalue weighted by atomic mass is 9.94. The molecule has 6 nitrogen and oxygen atoms in total. The molecule has 136 valence electrons. The van der Waals surface area contributed by atoms with Crippen LogP contribution in [0.2, 0.25) is 5.02 Å². The first-order chi connectivity index (χ1) is 12.1. The average molecular weight is 365 g/mol. The lowest BCUT2D eigenvalue weighted by molar-refractivity contribution is -0.137. The summed E-state index contributed by atoms with van der Waals surface area (Å²) in [6.07, 6.45) is 1.45. The number of benzene rings is 1. The summed E-state index contributed by atoms with van der Waals surface area (Å²) in [6.45, 7) is 4.50. The number of carbonyl (C=O) groups excluding carboxylic acids is 2. The van der Waals surface area contributed by atoms with Crippen LogP contribution in [0.1, 0.15) is 23.2 Å². The van der Waals surface area contributed by atoms with Gasteiger partial charge in [-0.05, 0) is 31.0 Å². The molecule has 0 radical (unpaired) electrons. The van der Waals surface area contributed by atoms with Crippen LogP contribution in [0.15, 0.2) is 18.2 Å². The van der Waals surface area contributed by atoms with Gasteiger partial charge in [0.2, 0.25) is 5.91 Å². The molecule has 7 heteroatoms. The Labute approximate surface area is 153 Å². The van der Waals surface area contributed by atoms with Gasteiger partial charge in [-0.25, -0.2) is 0 Å². The van der Waals surface area contributed by atoms with E-state index in [0.717, 1.165) is 44.7 Å². The summed E-state index contributed by atoms with van der Waals surface area (Å²) in [6, 6.07) is 5.36. The van der Waals surface area contributed by atoms with E-state index in [9.17, 15) is 9.59 Å². The molecule has 0 aliphatic carbocycles. The van der Waals surface area contributed by atoms with Gasteiger partial charge in [0.05, 0.1) is 10.6 Å². The number of rotatable bonds is 3. The summed E-state index contributed by atoms with van der Waals surface area (Å²) < 4.78 is 0. The number of hydrogen-bond donors (Lipinski definition) is 2. The van der Waals surface area contributed by atoms with Gasteiger partial charge in [0.25, 0.3) is 5.91 Å². The van der Waals surface area contributed by atoms with Crippen molar-refractivity contribution in [3.63, 3.8) is 0 Å². The van der Waals surface area contributed by atoms with Gasteiger partial charge in [0.1, 0.15) is 0 Å². The predicted octanol–water partition coefficient (Wildman–Crippen LogP) is 1.67. The van der Waals surface area contributed by atoms with Crippen molar-refractivity contribution in [1.29, 1.82) is 0 Å². The zero-order valence-corrected chi connectivity index (χ0v) is 15.3. The Kier molecular flexibility index (Phi) is 5.81. The third-order valence-corrected chi connectivity index (χ3v) is 5.36. The lowest BCUT2D eigenvalue weighted by Gasteiger charge is -2.35. The minimum Gasteiger partial charge on any atom is -0.388 e. The monoisotopic (exact) mass is 364 g/mol. The minimum atomic E-state index is -0.0549. The smallest absolute Gasteiger partial charge is 0.255 e. The van der Waals surface area contributed by atoms with Gasteiger partial charge >= 0.3 is 0 Å². The first-order valence-electron chi connectivity index (χ1n) is 8.86. The van der Waals surface area contributed by atoms with E-state index in [0.29, 0.717) is 23.7 Å². The molecule has 2 amide bonds. The number of piperidine rings is 1. The van der Waals surface area contributed by atoms with Crippen molar-refractivity contribution in [2.45, 2.75) is 12.8 Å². The Bertz CT molecular complexity index is 638. The van der Waals surface area contributed by atoms with Crippen LogP contribution >= 0.6 is 11.6 Å². The van der Waals surface area contributed by atoms with Crippen LogP contribution in [-0.2, 0) is 4.79 Å². The molecule has 0 aromatic heterocycles. The average Bonchev–Trinajstić information content (AvgIpc) is 2.67. The van der Waals surface area contributed by atoms with Gasteiger partial charge < -0.3 is 20.4 Å². The third-order valence-electron chi connectivity index (χ3n) is 5.05. The molecule has 0 saturated carbocycles. The summed E-state index contributed by atoms with van der Waals surface area (Å²) in [5.74, 6) is 0.218.